The summed E-state index contributed by atoms with van der Waals surface area (Å²) < 4.78 is 25.4. The molecule has 0 atom stereocenters. The number of alkyl halides is 2. The third kappa shape index (κ3) is 5.85. The van der Waals surface area contributed by atoms with Crippen molar-refractivity contribution in [2.75, 3.05) is 18.4 Å². The van der Waals surface area contributed by atoms with E-state index in [1.165, 1.54) is 5.57 Å². The summed E-state index contributed by atoms with van der Waals surface area (Å²) in [5, 5.41) is 4.35. The summed E-state index contributed by atoms with van der Waals surface area (Å²) >= 11 is 1.62. The summed E-state index contributed by atoms with van der Waals surface area (Å²) in [6.45, 7) is 3.31. The van der Waals surface area contributed by atoms with Gasteiger partial charge in [-0.05, 0) is 42.7 Å². The van der Waals surface area contributed by atoms with Gasteiger partial charge >= 0.3 is 0 Å². The highest BCUT2D eigenvalue weighted by atomic mass is 32.1. The van der Waals surface area contributed by atoms with E-state index in [9.17, 15) is 13.6 Å². The number of thiazole rings is 1. The molecule has 0 unspecified atom stereocenters. The molecule has 1 amide bonds. The lowest BCUT2D eigenvalue weighted by Crippen LogP contribution is -2.34. The van der Waals surface area contributed by atoms with Gasteiger partial charge in [0, 0.05) is 43.7 Å². The molecule has 0 bridgehead atoms. The van der Waals surface area contributed by atoms with Crippen molar-refractivity contribution in [1.29, 1.82) is 0 Å². The molecule has 37 heavy (non-hydrogen) atoms. The number of anilines is 2. The predicted molar refractivity (Wildman–Crippen MR) is 144 cm³/mol. The molecule has 2 N–H and O–H groups in total. The number of halogens is 2. The molecule has 3 aromatic heterocycles. The minimum absolute atomic E-state index is 0.0312. The van der Waals surface area contributed by atoms with Gasteiger partial charge in [-0.15, -0.1) is 11.3 Å². The van der Waals surface area contributed by atoms with Crippen molar-refractivity contribution in [3.63, 3.8) is 0 Å². The molecule has 0 saturated carbocycles. The highest BCUT2D eigenvalue weighted by Crippen LogP contribution is 2.31. The van der Waals surface area contributed by atoms with Crippen LogP contribution < -0.4 is 5.32 Å². The first-order valence-corrected chi connectivity index (χ1v) is 13.2. The Bertz CT molecular complexity index is 1470. The minimum Gasteiger partial charge on any atom is -0.340 e. The van der Waals surface area contributed by atoms with Crippen LogP contribution in [0.5, 0.6) is 0 Å². The number of rotatable bonds is 4. The molecule has 0 spiro atoms. The van der Waals surface area contributed by atoms with E-state index in [0.29, 0.717) is 19.4 Å². The maximum Gasteiger partial charge on any atom is 0.251 e. The van der Waals surface area contributed by atoms with Gasteiger partial charge in [0.05, 0.1) is 21.1 Å². The lowest BCUT2D eigenvalue weighted by molar-refractivity contribution is -0.130. The van der Waals surface area contributed by atoms with Crippen LogP contribution >= 0.6 is 11.3 Å². The van der Waals surface area contributed by atoms with Crippen LogP contribution in [-0.4, -0.2) is 49.8 Å². The number of hydrogen-bond donors (Lipinski definition) is 2. The fourth-order valence-electron chi connectivity index (χ4n) is 4.42. The molecule has 6 rings (SSSR count). The van der Waals surface area contributed by atoms with Crippen LogP contribution in [0.25, 0.3) is 26.8 Å². The third-order valence-corrected chi connectivity index (χ3v) is 7.28. The lowest BCUT2D eigenvalue weighted by Gasteiger charge is -2.25. The van der Waals surface area contributed by atoms with E-state index in [0.717, 1.165) is 51.4 Å². The highest BCUT2D eigenvalue weighted by molar-refractivity contribution is 7.16. The topological polar surface area (TPSA) is 86.8 Å². The number of carbonyl (C=O) groups excluding carboxylic acids is 1. The minimum atomic E-state index is -2.41. The molecule has 1 aromatic carbocycles. The zero-order valence-corrected chi connectivity index (χ0v) is 21.3. The average Bonchev–Trinajstić information content (AvgIpc) is 3.56. The summed E-state index contributed by atoms with van der Waals surface area (Å²) in [6.07, 6.45) is 8.92. The van der Waals surface area contributed by atoms with Crippen molar-refractivity contribution in [2.24, 2.45) is 0 Å². The monoisotopic (exact) mass is 522 g/mol. The Labute approximate surface area is 217 Å². The van der Waals surface area contributed by atoms with Gasteiger partial charge in [0.2, 0.25) is 5.91 Å². The largest absolute Gasteiger partial charge is 0.340 e. The van der Waals surface area contributed by atoms with Crippen molar-refractivity contribution in [3.05, 3.63) is 60.0 Å². The number of carbonyl (C=O) groups is 1. The quantitative estimate of drug-likeness (QED) is 0.291. The highest BCUT2D eigenvalue weighted by Gasteiger charge is 2.27. The predicted octanol–water partition coefficient (Wildman–Crippen LogP) is 6.70. The molecule has 4 heterocycles. The number of hydrogen-bond acceptors (Lipinski definition) is 6. The fraction of sp³-hybridized carbons (Fsp3) is 0.333. The fourth-order valence-corrected chi connectivity index (χ4v) is 5.13. The average molecular weight is 523 g/mol. The third-order valence-electron chi connectivity index (χ3n) is 6.49. The van der Waals surface area contributed by atoms with Crippen LogP contribution in [0.4, 0.5) is 20.3 Å². The van der Waals surface area contributed by atoms with Crippen molar-refractivity contribution < 1.29 is 13.6 Å². The van der Waals surface area contributed by atoms with Crippen molar-refractivity contribution >= 4 is 55.6 Å². The van der Waals surface area contributed by atoms with Gasteiger partial charge in [-0.1, -0.05) is 25.2 Å². The van der Waals surface area contributed by atoms with Gasteiger partial charge < -0.3 is 15.2 Å². The Morgan fingerprint density at radius 2 is 2.11 bits per heavy atom. The second kappa shape index (κ2) is 10.8. The Morgan fingerprint density at radius 3 is 2.81 bits per heavy atom. The van der Waals surface area contributed by atoms with E-state index < -0.39 is 5.92 Å². The second-order valence-corrected chi connectivity index (χ2v) is 9.96. The van der Waals surface area contributed by atoms with Crippen LogP contribution in [0.15, 0.2) is 54.3 Å². The van der Waals surface area contributed by atoms with Gasteiger partial charge in [-0.3, -0.25) is 4.79 Å². The number of allylic oxidation sites excluding steroid dienone is 2. The molecule has 7 nitrogen and oxygen atoms in total. The first-order chi connectivity index (χ1) is 17.9. The Kier molecular flexibility index (Phi) is 7.27. The molecular formula is C27H28F2N6OS. The number of benzene rings is 1. The molecule has 10 heteroatoms. The van der Waals surface area contributed by atoms with Crippen LogP contribution in [0.3, 0.4) is 0 Å². The molecular weight excluding hydrogens is 494 g/mol. The SMILES string of the molecule is CCC(=O)N1CC=C(c2cc3c(Nc4ccc5ncsc5c4)ncnc3[nH]2)CC1.FC1(F)CC=CCC1. The molecule has 0 fully saturated rings. The summed E-state index contributed by atoms with van der Waals surface area (Å²) in [7, 11) is 0. The Balaban J connectivity index is 0.000000301. The van der Waals surface area contributed by atoms with Gasteiger partial charge in [0.25, 0.3) is 5.92 Å². The summed E-state index contributed by atoms with van der Waals surface area (Å²) in [4.78, 5) is 30.4. The molecule has 2 aliphatic rings. The standard InChI is InChI=1S/C21H20N6OS.C6H8F2/c1-2-19(28)27-7-5-13(6-8-27)17-10-15-20(22-11-23-21(15)26-17)25-14-3-4-16-18(9-14)29-12-24-16;7-6(8)4-2-1-3-5-6/h3-5,9-12H,2,6-8H2,1H3,(H2,22,23,25,26);1-2H,3-5H2. The summed E-state index contributed by atoms with van der Waals surface area (Å²) in [6, 6.07) is 8.18. The zero-order chi connectivity index (χ0) is 25.8. The Hall–Kier alpha value is -3.66. The van der Waals surface area contributed by atoms with Crippen LogP contribution in [0.2, 0.25) is 0 Å². The zero-order valence-electron chi connectivity index (χ0n) is 20.5. The number of amides is 1. The maximum atomic E-state index is 12.2. The first-order valence-electron chi connectivity index (χ1n) is 12.4. The van der Waals surface area contributed by atoms with E-state index in [1.54, 1.807) is 29.8 Å². The smallest absolute Gasteiger partial charge is 0.251 e. The van der Waals surface area contributed by atoms with Crippen molar-refractivity contribution in [2.45, 2.75) is 45.0 Å². The number of aromatic nitrogens is 4. The number of H-pyrrole nitrogens is 1. The van der Waals surface area contributed by atoms with E-state index in [4.69, 9.17) is 0 Å². The van der Waals surface area contributed by atoms with E-state index in [1.807, 2.05) is 29.5 Å². The molecule has 192 valence electrons. The molecule has 4 aromatic rings. The molecule has 0 radical (unpaired) electrons. The van der Waals surface area contributed by atoms with Crippen molar-refractivity contribution in [1.82, 2.24) is 24.8 Å². The van der Waals surface area contributed by atoms with E-state index in [2.05, 4.69) is 43.5 Å². The molecule has 1 aliphatic heterocycles. The van der Waals surface area contributed by atoms with Gasteiger partial charge in [-0.2, -0.15) is 0 Å². The summed E-state index contributed by atoms with van der Waals surface area (Å²) in [5.41, 5.74) is 6.85. The van der Waals surface area contributed by atoms with Crippen LogP contribution in [0.1, 0.15) is 44.7 Å². The number of fused-ring (bicyclic) bond motifs is 2. The van der Waals surface area contributed by atoms with Gasteiger partial charge in [0.15, 0.2) is 0 Å². The summed E-state index contributed by atoms with van der Waals surface area (Å²) in [5.74, 6) is -1.44. The molecule has 1 aliphatic carbocycles. The van der Waals surface area contributed by atoms with Gasteiger partial charge in [-0.25, -0.2) is 23.7 Å². The normalized spacial score (nSPS) is 16.8. The molecule has 0 saturated heterocycles. The maximum absolute atomic E-state index is 12.2. The van der Waals surface area contributed by atoms with E-state index in [-0.39, 0.29) is 18.7 Å². The van der Waals surface area contributed by atoms with Crippen molar-refractivity contribution in [3.8, 4) is 0 Å². The first kappa shape index (κ1) is 25.0. The number of aromatic amines is 1. The van der Waals surface area contributed by atoms with Crippen LogP contribution in [-0.2, 0) is 4.79 Å². The van der Waals surface area contributed by atoms with Crippen LogP contribution in [0, 0.1) is 0 Å². The number of nitrogens with one attached hydrogen (secondary N) is 2. The van der Waals surface area contributed by atoms with E-state index >= 15 is 0 Å². The Morgan fingerprint density at radius 1 is 1.22 bits per heavy atom. The second-order valence-electron chi connectivity index (χ2n) is 9.07. The van der Waals surface area contributed by atoms with Gasteiger partial charge in [0.1, 0.15) is 17.8 Å². The lowest BCUT2D eigenvalue weighted by atomic mass is 10.0. The number of nitrogens with zero attached hydrogens (tertiary/aromatic N) is 4.